The van der Waals surface area contributed by atoms with E-state index in [1.54, 1.807) is 0 Å². The van der Waals surface area contributed by atoms with Gasteiger partial charge in [-0.15, -0.1) is 0 Å². The topological polar surface area (TPSA) is 21.3 Å². The van der Waals surface area contributed by atoms with E-state index >= 15 is 0 Å². The molecule has 0 amide bonds. The molecule has 1 saturated heterocycles. The first-order chi connectivity index (χ1) is 6.64. The van der Waals surface area contributed by atoms with Crippen LogP contribution < -0.4 is 5.32 Å². The third-order valence-corrected chi connectivity index (χ3v) is 3.21. The van der Waals surface area contributed by atoms with Crippen LogP contribution in [-0.2, 0) is 4.74 Å². The molecule has 2 heteroatoms. The average Bonchev–Trinajstić information content (AvgIpc) is 2.19. The fourth-order valence-electron chi connectivity index (χ4n) is 1.66. The summed E-state index contributed by atoms with van der Waals surface area (Å²) in [5.74, 6) is 0. The van der Waals surface area contributed by atoms with Crippen LogP contribution in [0.2, 0.25) is 0 Å². The molecule has 1 N–H and O–H groups in total. The quantitative estimate of drug-likeness (QED) is 0.735. The van der Waals surface area contributed by atoms with E-state index in [4.69, 9.17) is 4.74 Å². The molecule has 2 nitrogen and oxygen atoms in total. The van der Waals surface area contributed by atoms with Gasteiger partial charge < -0.3 is 10.1 Å². The third kappa shape index (κ3) is 4.43. The average molecular weight is 199 g/mol. The number of rotatable bonds is 5. The standard InChI is InChI=1S/C12H25NO/c1-4-12(2,3)10-13-9-11-7-5-6-8-14-11/h11,13H,4-10H2,1-3H3. The molecule has 0 radical (unpaired) electrons. The first kappa shape index (κ1) is 12.0. The molecule has 0 aromatic heterocycles. The Morgan fingerprint density at radius 1 is 1.36 bits per heavy atom. The van der Waals surface area contributed by atoms with Crippen molar-refractivity contribution in [1.29, 1.82) is 0 Å². The van der Waals surface area contributed by atoms with Crippen LogP contribution in [0.25, 0.3) is 0 Å². The van der Waals surface area contributed by atoms with Gasteiger partial charge in [0, 0.05) is 19.7 Å². The van der Waals surface area contributed by atoms with Crippen molar-refractivity contribution in [3.8, 4) is 0 Å². The Labute approximate surface area is 88.4 Å². The summed E-state index contributed by atoms with van der Waals surface area (Å²) in [7, 11) is 0. The summed E-state index contributed by atoms with van der Waals surface area (Å²) < 4.78 is 5.66. The molecule has 0 aromatic carbocycles. The van der Waals surface area contributed by atoms with Gasteiger partial charge in [0.25, 0.3) is 0 Å². The fraction of sp³-hybridized carbons (Fsp3) is 1.00. The van der Waals surface area contributed by atoms with Gasteiger partial charge in [0.2, 0.25) is 0 Å². The van der Waals surface area contributed by atoms with E-state index in [9.17, 15) is 0 Å². The Balaban J connectivity index is 2.08. The lowest BCUT2D eigenvalue weighted by atomic mass is 9.90. The molecule has 0 bridgehead atoms. The maximum Gasteiger partial charge on any atom is 0.0699 e. The molecular weight excluding hydrogens is 174 g/mol. The molecule has 14 heavy (non-hydrogen) atoms. The highest BCUT2D eigenvalue weighted by molar-refractivity contribution is 4.72. The van der Waals surface area contributed by atoms with Crippen molar-refractivity contribution in [3.63, 3.8) is 0 Å². The van der Waals surface area contributed by atoms with Crippen LogP contribution in [0.1, 0.15) is 46.5 Å². The zero-order valence-corrected chi connectivity index (χ0v) is 9.94. The SMILES string of the molecule is CCC(C)(C)CNCC1CCCCO1. The Bertz CT molecular complexity index is 150. The van der Waals surface area contributed by atoms with E-state index in [0.29, 0.717) is 11.5 Å². The molecule has 1 aliphatic heterocycles. The van der Waals surface area contributed by atoms with Crippen LogP contribution in [0.5, 0.6) is 0 Å². The van der Waals surface area contributed by atoms with Crippen LogP contribution in [-0.4, -0.2) is 25.8 Å². The minimum Gasteiger partial charge on any atom is -0.377 e. The van der Waals surface area contributed by atoms with Gasteiger partial charge in [-0.2, -0.15) is 0 Å². The summed E-state index contributed by atoms with van der Waals surface area (Å²) >= 11 is 0. The predicted molar refractivity (Wildman–Crippen MR) is 60.5 cm³/mol. The van der Waals surface area contributed by atoms with E-state index in [-0.39, 0.29) is 0 Å². The smallest absolute Gasteiger partial charge is 0.0699 e. The maximum absolute atomic E-state index is 5.66. The van der Waals surface area contributed by atoms with E-state index in [1.807, 2.05) is 0 Å². The number of hydrogen-bond donors (Lipinski definition) is 1. The Hall–Kier alpha value is -0.0800. The molecular formula is C12H25NO. The van der Waals surface area contributed by atoms with Crippen LogP contribution in [0.4, 0.5) is 0 Å². The Morgan fingerprint density at radius 3 is 2.71 bits per heavy atom. The molecule has 0 spiro atoms. The second-order valence-corrected chi connectivity index (χ2v) is 5.14. The van der Waals surface area contributed by atoms with Crippen molar-refractivity contribution >= 4 is 0 Å². The maximum atomic E-state index is 5.66. The zero-order chi connectivity index (χ0) is 10.4. The highest BCUT2D eigenvalue weighted by Gasteiger charge is 2.17. The van der Waals surface area contributed by atoms with Crippen molar-refractivity contribution in [2.45, 2.75) is 52.6 Å². The lowest BCUT2D eigenvalue weighted by Gasteiger charge is -2.27. The summed E-state index contributed by atoms with van der Waals surface area (Å²) in [6, 6.07) is 0. The van der Waals surface area contributed by atoms with E-state index in [2.05, 4.69) is 26.1 Å². The summed E-state index contributed by atoms with van der Waals surface area (Å²) in [6.45, 7) is 9.96. The normalized spacial score (nSPS) is 23.8. The van der Waals surface area contributed by atoms with Crippen molar-refractivity contribution < 1.29 is 4.74 Å². The van der Waals surface area contributed by atoms with Gasteiger partial charge >= 0.3 is 0 Å². The largest absolute Gasteiger partial charge is 0.377 e. The summed E-state index contributed by atoms with van der Waals surface area (Å²) in [5.41, 5.74) is 0.425. The number of ether oxygens (including phenoxy) is 1. The second kappa shape index (κ2) is 5.72. The minimum absolute atomic E-state index is 0.425. The van der Waals surface area contributed by atoms with Gasteiger partial charge in [0.1, 0.15) is 0 Å². The monoisotopic (exact) mass is 199 g/mol. The zero-order valence-electron chi connectivity index (χ0n) is 9.94. The van der Waals surface area contributed by atoms with Gasteiger partial charge in [-0.05, 0) is 31.1 Å². The van der Waals surface area contributed by atoms with E-state index in [0.717, 1.165) is 19.7 Å². The number of nitrogens with one attached hydrogen (secondary N) is 1. The molecule has 1 fully saturated rings. The molecule has 84 valence electrons. The van der Waals surface area contributed by atoms with Crippen LogP contribution in [0, 0.1) is 5.41 Å². The highest BCUT2D eigenvalue weighted by atomic mass is 16.5. The Morgan fingerprint density at radius 2 is 2.14 bits per heavy atom. The van der Waals surface area contributed by atoms with E-state index in [1.165, 1.54) is 25.7 Å². The molecule has 1 rings (SSSR count). The van der Waals surface area contributed by atoms with Crippen molar-refractivity contribution in [2.75, 3.05) is 19.7 Å². The second-order valence-electron chi connectivity index (χ2n) is 5.14. The predicted octanol–water partition coefficient (Wildman–Crippen LogP) is 2.58. The molecule has 0 aromatic rings. The van der Waals surface area contributed by atoms with Gasteiger partial charge in [-0.3, -0.25) is 0 Å². The molecule has 0 aliphatic carbocycles. The Kier molecular flexibility index (Phi) is 4.90. The fourth-order valence-corrected chi connectivity index (χ4v) is 1.66. The summed E-state index contributed by atoms with van der Waals surface area (Å²) in [6.07, 6.45) is 5.52. The van der Waals surface area contributed by atoms with Gasteiger partial charge in [0.05, 0.1) is 6.10 Å². The lowest BCUT2D eigenvalue weighted by Crippen LogP contribution is -2.36. The minimum atomic E-state index is 0.425. The molecule has 1 aliphatic rings. The van der Waals surface area contributed by atoms with Gasteiger partial charge in [-0.1, -0.05) is 20.8 Å². The van der Waals surface area contributed by atoms with Crippen LogP contribution >= 0.6 is 0 Å². The lowest BCUT2D eigenvalue weighted by molar-refractivity contribution is 0.0157. The van der Waals surface area contributed by atoms with E-state index < -0.39 is 0 Å². The molecule has 1 heterocycles. The van der Waals surface area contributed by atoms with Gasteiger partial charge in [-0.25, -0.2) is 0 Å². The molecule has 1 atom stereocenters. The van der Waals surface area contributed by atoms with Crippen molar-refractivity contribution in [1.82, 2.24) is 5.32 Å². The van der Waals surface area contributed by atoms with Gasteiger partial charge in [0.15, 0.2) is 0 Å². The van der Waals surface area contributed by atoms with Crippen molar-refractivity contribution in [3.05, 3.63) is 0 Å². The molecule has 0 saturated carbocycles. The summed E-state index contributed by atoms with van der Waals surface area (Å²) in [5, 5.41) is 3.52. The highest BCUT2D eigenvalue weighted by Crippen LogP contribution is 2.18. The van der Waals surface area contributed by atoms with Crippen molar-refractivity contribution in [2.24, 2.45) is 5.41 Å². The molecule has 1 unspecified atom stereocenters. The van der Waals surface area contributed by atoms with Crippen LogP contribution in [0.3, 0.4) is 0 Å². The number of hydrogen-bond acceptors (Lipinski definition) is 2. The van der Waals surface area contributed by atoms with Crippen LogP contribution in [0.15, 0.2) is 0 Å². The third-order valence-electron chi connectivity index (χ3n) is 3.21. The summed E-state index contributed by atoms with van der Waals surface area (Å²) in [4.78, 5) is 0. The first-order valence-electron chi connectivity index (χ1n) is 5.96. The first-order valence-corrected chi connectivity index (χ1v) is 5.96.